The van der Waals surface area contributed by atoms with Gasteiger partial charge in [0.15, 0.2) is 5.65 Å². The van der Waals surface area contributed by atoms with Crippen LogP contribution in [0.25, 0.3) is 10.3 Å². The number of ether oxygens (including phenoxy) is 1. The monoisotopic (exact) mass is 203 g/mol. The van der Waals surface area contributed by atoms with Gasteiger partial charge in [0.2, 0.25) is 0 Å². The average molecular weight is 203 g/mol. The van der Waals surface area contributed by atoms with Crippen LogP contribution in [0.3, 0.4) is 0 Å². The summed E-state index contributed by atoms with van der Waals surface area (Å²) in [6.45, 7) is -2.91. The Balaban J connectivity index is 2.37. The molecule has 0 amide bonds. The van der Waals surface area contributed by atoms with E-state index in [1.54, 1.807) is 5.51 Å². The summed E-state index contributed by atoms with van der Waals surface area (Å²) < 4.78 is 28.2. The summed E-state index contributed by atoms with van der Waals surface area (Å²) in [4.78, 5) is 11.1. The van der Waals surface area contributed by atoms with Crippen LogP contribution in [0.15, 0.2) is 11.7 Å². The van der Waals surface area contributed by atoms with E-state index in [4.69, 9.17) is 0 Å². The van der Waals surface area contributed by atoms with Crippen molar-refractivity contribution >= 4 is 21.7 Å². The third-order valence-electron chi connectivity index (χ3n) is 1.26. The van der Waals surface area contributed by atoms with Crippen LogP contribution >= 0.6 is 11.3 Å². The fourth-order valence-electron chi connectivity index (χ4n) is 0.791. The number of aromatic nitrogens is 3. The molecule has 0 aliphatic carbocycles. The lowest BCUT2D eigenvalue weighted by molar-refractivity contribution is -0.0558. The molecule has 0 N–H and O–H groups in total. The van der Waals surface area contributed by atoms with Gasteiger partial charge in [-0.2, -0.15) is 13.8 Å². The molecule has 0 aromatic carbocycles. The maximum Gasteiger partial charge on any atom is 0.389 e. The first-order valence-electron chi connectivity index (χ1n) is 3.27. The molecule has 2 aromatic heterocycles. The Hall–Kier alpha value is -1.37. The molecule has 13 heavy (non-hydrogen) atoms. The number of halogens is 2. The van der Waals surface area contributed by atoms with E-state index in [1.807, 2.05) is 0 Å². The summed E-state index contributed by atoms with van der Waals surface area (Å²) in [7, 11) is 0. The molecule has 0 aliphatic heterocycles. The van der Waals surface area contributed by atoms with Crippen LogP contribution in [-0.2, 0) is 0 Å². The summed E-state index contributed by atoms with van der Waals surface area (Å²) in [6.07, 6.45) is 1.40. The van der Waals surface area contributed by atoms with Gasteiger partial charge in [-0.25, -0.2) is 9.97 Å². The number of fused-ring (bicyclic) bond motifs is 1. The maximum atomic E-state index is 11.7. The van der Waals surface area contributed by atoms with Crippen molar-refractivity contribution in [2.24, 2.45) is 0 Å². The SMILES string of the molecule is FC(F)Oc1ncc2scnc2n1. The van der Waals surface area contributed by atoms with Crippen LogP contribution in [0.1, 0.15) is 0 Å². The van der Waals surface area contributed by atoms with Crippen molar-refractivity contribution < 1.29 is 13.5 Å². The normalized spacial score (nSPS) is 11.0. The van der Waals surface area contributed by atoms with Gasteiger partial charge in [-0.15, -0.1) is 11.3 Å². The second-order valence-electron chi connectivity index (χ2n) is 2.07. The molecule has 0 radical (unpaired) electrons. The lowest BCUT2D eigenvalue weighted by Gasteiger charge is -1.99. The van der Waals surface area contributed by atoms with E-state index in [1.165, 1.54) is 17.5 Å². The molecule has 0 fully saturated rings. The van der Waals surface area contributed by atoms with Gasteiger partial charge in [-0.1, -0.05) is 0 Å². The molecular weight excluding hydrogens is 200 g/mol. The van der Waals surface area contributed by atoms with Gasteiger partial charge in [0, 0.05) is 0 Å². The quantitative estimate of drug-likeness (QED) is 0.745. The van der Waals surface area contributed by atoms with Crippen molar-refractivity contribution in [1.29, 1.82) is 0 Å². The van der Waals surface area contributed by atoms with Crippen molar-refractivity contribution in [2.75, 3.05) is 0 Å². The molecule has 0 saturated carbocycles. The van der Waals surface area contributed by atoms with E-state index >= 15 is 0 Å². The third-order valence-corrected chi connectivity index (χ3v) is 2.02. The van der Waals surface area contributed by atoms with Crippen molar-refractivity contribution in [3.63, 3.8) is 0 Å². The molecule has 0 bridgehead atoms. The van der Waals surface area contributed by atoms with Crippen LogP contribution in [0.4, 0.5) is 8.78 Å². The smallest absolute Gasteiger partial charge is 0.389 e. The number of hydrogen-bond acceptors (Lipinski definition) is 5. The van der Waals surface area contributed by atoms with Gasteiger partial charge in [-0.05, 0) is 0 Å². The highest BCUT2D eigenvalue weighted by molar-refractivity contribution is 7.16. The Labute approximate surface area is 75.2 Å². The maximum absolute atomic E-state index is 11.7. The second kappa shape index (κ2) is 3.17. The minimum Gasteiger partial charge on any atom is -0.401 e. The first kappa shape index (κ1) is 8.24. The molecule has 4 nitrogen and oxygen atoms in total. The molecule has 0 unspecified atom stereocenters. The summed E-state index contributed by atoms with van der Waals surface area (Å²) in [5, 5.41) is 0. The van der Waals surface area contributed by atoms with Gasteiger partial charge in [0.05, 0.1) is 16.4 Å². The minimum atomic E-state index is -2.91. The van der Waals surface area contributed by atoms with Crippen LogP contribution in [0.5, 0.6) is 6.01 Å². The zero-order valence-corrected chi connectivity index (χ0v) is 6.96. The predicted molar refractivity (Wildman–Crippen MR) is 41.8 cm³/mol. The van der Waals surface area contributed by atoms with E-state index < -0.39 is 6.61 Å². The Morgan fingerprint density at radius 2 is 2.23 bits per heavy atom. The van der Waals surface area contributed by atoms with E-state index in [0.717, 1.165) is 4.70 Å². The zero-order valence-electron chi connectivity index (χ0n) is 6.15. The fraction of sp³-hybridized carbons (Fsp3) is 0.167. The van der Waals surface area contributed by atoms with Gasteiger partial charge in [0.25, 0.3) is 0 Å². The Morgan fingerprint density at radius 1 is 1.38 bits per heavy atom. The first-order chi connectivity index (χ1) is 6.25. The number of rotatable bonds is 2. The first-order valence-corrected chi connectivity index (χ1v) is 4.15. The minimum absolute atomic E-state index is 0.353. The van der Waals surface area contributed by atoms with Crippen molar-refractivity contribution in [3.8, 4) is 6.01 Å². The molecule has 0 saturated heterocycles. The second-order valence-corrected chi connectivity index (χ2v) is 2.96. The van der Waals surface area contributed by atoms with Gasteiger partial charge < -0.3 is 4.74 Å². The topological polar surface area (TPSA) is 47.9 Å². The van der Waals surface area contributed by atoms with Crippen LogP contribution in [-0.4, -0.2) is 21.6 Å². The van der Waals surface area contributed by atoms with Crippen LogP contribution in [0, 0.1) is 0 Å². The fourth-order valence-corrected chi connectivity index (χ4v) is 1.37. The zero-order chi connectivity index (χ0) is 9.26. The Kier molecular flexibility index (Phi) is 2.01. The lowest BCUT2D eigenvalue weighted by Crippen LogP contribution is -2.04. The molecule has 0 spiro atoms. The molecule has 68 valence electrons. The van der Waals surface area contributed by atoms with Gasteiger partial charge >= 0.3 is 12.6 Å². The standard InChI is InChI=1S/C6H3F2N3OS/c7-5(8)12-6-9-1-3-4(11-6)10-2-13-3/h1-2,5H. The lowest BCUT2D eigenvalue weighted by atomic mass is 10.6. The molecule has 0 atom stereocenters. The van der Waals surface area contributed by atoms with Gasteiger partial charge in [0.1, 0.15) is 0 Å². The third kappa shape index (κ3) is 1.69. The Bertz CT molecular complexity index is 419. The molecule has 0 aliphatic rings. The Morgan fingerprint density at radius 3 is 3.00 bits per heavy atom. The van der Waals surface area contributed by atoms with Crippen molar-refractivity contribution in [1.82, 2.24) is 15.0 Å². The highest BCUT2D eigenvalue weighted by atomic mass is 32.1. The van der Waals surface area contributed by atoms with Crippen molar-refractivity contribution in [2.45, 2.75) is 6.61 Å². The van der Waals surface area contributed by atoms with E-state index in [2.05, 4.69) is 19.7 Å². The summed E-state index contributed by atoms with van der Waals surface area (Å²) >= 11 is 1.34. The van der Waals surface area contributed by atoms with E-state index in [9.17, 15) is 8.78 Å². The van der Waals surface area contributed by atoms with E-state index in [0.29, 0.717) is 5.65 Å². The molecule has 2 heterocycles. The molecule has 2 rings (SSSR count). The number of nitrogens with zero attached hydrogens (tertiary/aromatic N) is 3. The van der Waals surface area contributed by atoms with E-state index in [-0.39, 0.29) is 6.01 Å². The summed E-state index contributed by atoms with van der Waals surface area (Å²) in [5.74, 6) is 0. The van der Waals surface area contributed by atoms with Crippen LogP contribution < -0.4 is 4.74 Å². The summed E-state index contributed by atoms with van der Waals surface area (Å²) in [5.41, 5.74) is 1.93. The molecule has 2 aromatic rings. The average Bonchev–Trinajstić information content (AvgIpc) is 2.49. The number of hydrogen-bond donors (Lipinski definition) is 0. The highest BCUT2D eigenvalue weighted by Crippen LogP contribution is 2.17. The largest absolute Gasteiger partial charge is 0.401 e. The predicted octanol–water partition coefficient (Wildman–Crippen LogP) is 1.69. The van der Waals surface area contributed by atoms with Crippen LogP contribution in [0.2, 0.25) is 0 Å². The number of alkyl halides is 2. The summed E-state index contributed by atoms with van der Waals surface area (Å²) in [6, 6.07) is -0.353. The van der Waals surface area contributed by atoms with Gasteiger partial charge in [-0.3, -0.25) is 0 Å². The number of thiazole rings is 1. The molecular formula is C6H3F2N3OS. The molecule has 7 heteroatoms. The van der Waals surface area contributed by atoms with Crippen molar-refractivity contribution in [3.05, 3.63) is 11.7 Å². The highest BCUT2D eigenvalue weighted by Gasteiger charge is 2.08.